The van der Waals surface area contributed by atoms with Gasteiger partial charge in [0.2, 0.25) is 0 Å². The molecule has 7 heteroatoms. The fourth-order valence-corrected chi connectivity index (χ4v) is 3.26. The molecule has 0 atom stereocenters. The number of aromatic nitrogens is 1. The van der Waals surface area contributed by atoms with Crippen LogP contribution in [0.2, 0.25) is 0 Å². The van der Waals surface area contributed by atoms with Crippen molar-refractivity contribution in [2.75, 3.05) is 14.2 Å². The Kier molecular flexibility index (Phi) is 5.21. The smallest absolute Gasteiger partial charge is 0.416 e. The van der Waals surface area contributed by atoms with Gasteiger partial charge in [-0.3, -0.25) is 0 Å². The van der Waals surface area contributed by atoms with Gasteiger partial charge in [-0.1, -0.05) is 6.07 Å². The highest BCUT2D eigenvalue weighted by molar-refractivity contribution is 5.94. The largest absolute Gasteiger partial charge is 0.496 e. The molecule has 27 heavy (non-hydrogen) atoms. The van der Waals surface area contributed by atoms with Gasteiger partial charge in [-0.25, -0.2) is 9.78 Å². The van der Waals surface area contributed by atoms with Crippen molar-refractivity contribution < 1.29 is 27.4 Å². The Hall–Kier alpha value is -2.83. The Morgan fingerprint density at radius 1 is 1.07 bits per heavy atom. The summed E-state index contributed by atoms with van der Waals surface area (Å²) in [4.78, 5) is 16.1. The molecule has 3 rings (SSSR count). The molecular formula is C20H18F3NO3. The number of halogens is 3. The molecule has 2 aromatic rings. The summed E-state index contributed by atoms with van der Waals surface area (Å²) < 4.78 is 49.5. The van der Waals surface area contributed by atoms with Crippen LogP contribution in [-0.4, -0.2) is 25.2 Å². The van der Waals surface area contributed by atoms with Gasteiger partial charge in [0, 0.05) is 5.56 Å². The van der Waals surface area contributed by atoms with Gasteiger partial charge in [0.25, 0.3) is 0 Å². The molecule has 1 aromatic carbocycles. The van der Waals surface area contributed by atoms with E-state index in [1.807, 2.05) is 0 Å². The number of hydrogen-bond acceptors (Lipinski definition) is 4. The van der Waals surface area contributed by atoms with E-state index in [4.69, 9.17) is 9.47 Å². The van der Waals surface area contributed by atoms with Gasteiger partial charge in [0.1, 0.15) is 11.4 Å². The topological polar surface area (TPSA) is 48.4 Å². The minimum Gasteiger partial charge on any atom is -0.496 e. The van der Waals surface area contributed by atoms with Crippen molar-refractivity contribution in [3.8, 4) is 5.75 Å². The number of carbonyl (C=O) groups is 1. The van der Waals surface area contributed by atoms with Crippen LogP contribution < -0.4 is 4.74 Å². The summed E-state index contributed by atoms with van der Waals surface area (Å²) in [6, 6.07) is 8.42. The lowest BCUT2D eigenvalue weighted by Crippen LogP contribution is -2.07. The SMILES string of the molecule is COC(=O)c1cccc(C2=C(c3cc(C(F)(F)F)ccc3OC)CCC2)n1. The lowest BCUT2D eigenvalue weighted by molar-refractivity contribution is -0.137. The summed E-state index contributed by atoms with van der Waals surface area (Å²) in [6.07, 6.45) is -2.39. The molecular weight excluding hydrogens is 359 g/mol. The van der Waals surface area contributed by atoms with E-state index in [9.17, 15) is 18.0 Å². The van der Waals surface area contributed by atoms with E-state index in [0.29, 0.717) is 29.8 Å². The summed E-state index contributed by atoms with van der Waals surface area (Å²) in [5, 5.41) is 0. The fraction of sp³-hybridized carbons (Fsp3) is 0.300. The van der Waals surface area contributed by atoms with Crippen LogP contribution in [0.5, 0.6) is 5.75 Å². The maximum absolute atomic E-state index is 13.2. The Morgan fingerprint density at radius 2 is 1.81 bits per heavy atom. The van der Waals surface area contributed by atoms with Crippen LogP contribution in [-0.2, 0) is 10.9 Å². The molecule has 0 aliphatic heterocycles. The van der Waals surface area contributed by atoms with Crippen LogP contribution in [0.15, 0.2) is 36.4 Å². The number of pyridine rings is 1. The van der Waals surface area contributed by atoms with E-state index in [-0.39, 0.29) is 5.69 Å². The summed E-state index contributed by atoms with van der Waals surface area (Å²) in [5.74, 6) is -0.185. The highest BCUT2D eigenvalue weighted by Crippen LogP contribution is 2.44. The maximum atomic E-state index is 13.2. The zero-order chi connectivity index (χ0) is 19.6. The number of methoxy groups -OCH3 is 2. The average molecular weight is 377 g/mol. The first-order valence-electron chi connectivity index (χ1n) is 8.38. The van der Waals surface area contributed by atoms with Gasteiger partial charge < -0.3 is 9.47 Å². The Morgan fingerprint density at radius 3 is 2.48 bits per heavy atom. The molecule has 0 spiro atoms. The number of hydrogen-bond donors (Lipinski definition) is 0. The van der Waals surface area contributed by atoms with E-state index >= 15 is 0 Å². The number of carbonyl (C=O) groups excluding carboxylic acids is 1. The first-order valence-corrected chi connectivity index (χ1v) is 8.38. The van der Waals surface area contributed by atoms with Crippen LogP contribution in [0.4, 0.5) is 13.2 Å². The summed E-state index contributed by atoms with van der Waals surface area (Å²) in [7, 11) is 2.70. The van der Waals surface area contributed by atoms with E-state index in [1.54, 1.807) is 12.1 Å². The predicted molar refractivity (Wildman–Crippen MR) is 94.2 cm³/mol. The van der Waals surface area contributed by atoms with Gasteiger partial charge in [0.05, 0.1) is 25.5 Å². The van der Waals surface area contributed by atoms with Crippen molar-refractivity contribution in [2.45, 2.75) is 25.4 Å². The van der Waals surface area contributed by atoms with Crippen molar-refractivity contribution in [3.63, 3.8) is 0 Å². The number of rotatable bonds is 4. The molecule has 4 nitrogen and oxygen atoms in total. The molecule has 1 heterocycles. The third-order valence-electron chi connectivity index (χ3n) is 4.52. The van der Waals surface area contributed by atoms with Crippen molar-refractivity contribution in [1.29, 1.82) is 0 Å². The van der Waals surface area contributed by atoms with E-state index < -0.39 is 17.7 Å². The molecule has 1 aliphatic rings. The van der Waals surface area contributed by atoms with Gasteiger partial charge in [0.15, 0.2) is 0 Å². The molecule has 0 bridgehead atoms. The zero-order valence-electron chi connectivity index (χ0n) is 14.9. The molecule has 0 saturated carbocycles. The number of ether oxygens (including phenoxy) is 2. The van der Waals surface area contributed by atoms with Crippen LogP contribution >= 0.6 is 0 Å². The fourth-order valence-electron chi connectivity index (χ4n) is 3.26. The van der Waals surface area contributed by atoms with Crippen LogP contribution in [0.3, 0.4) is 0 Å². The van der Waals surface area contributed by atoms with Crippen LogP contribution in [0.1, 0.15) is 46.6 Å². The summed E-state index contributed by atoms with van der Waals surface area (Å²) >= 11 is 0. The van der Waals surface area contributed by atoms with Crippen LogP contribution in [0, 0.1) is 0 Å². The van der Waals surface area contributed by atoms with Gasteiger partial charge in [-0.05, 0) is 60.7 Å². The monoisotopic (exact) mass is 377 g/mol. The molecule has 0 amide bonds. The highest BCUT2D eigenvalue weighted by atomic mass is 19.4. The lowest BCUT2D eigenvalue weighted by atomic mass is 9.97. The second-order valence-corrected chi connectivity index (χ2v) is 6.12. The van der Waals surface area contributed by atoms with Crippen LogP contribution in [0.25, 0.3) is 11.1 Å². The standard InChI is InChI=1S/C20H18F3NO3/c1-26-18-10-9-12(20(21,22)23)11-15(18)13-5-3-6-14(13)16-7-4-8-17(24-16)19(25)27-2/h4,7-11H,3,5-6H2,1-2H3. The highest BCUT2D eigenvalue weighted by Gasteiger charge is 2.32. The van der Waals surface area contributed by atoms with Gasteiger partial charge >= 0.3 is 12.1 Å². The number of nitrogens with zero attached hydrogens (tertiary/aromatic N) is 1. The Labute approximate surface area is 154 Å². The first kappa shape index (κ1) is 18.9. The number of benzene rings is 1. The zero-order valence-corrected chi connectivity index (χ0v) is 14.9. The minimum absolute atomic E-state index is 0.157. The molecule has 142 valence electrons. The second kappa shape index (κ2) is 7.42. The van der Waals surface area contributed by atoms with Gasteiger partial charge in [-0.15, -0.1) is 0 Å². The van der Waals surface area contributed by atoms with E-state index in [2.05, 4.69) is 4.98 Å². The van der Waals surface area contributed by atoms with Gasteiger partial charge in [-0.2, -0.15) is 13.2 Å². The van der Waals surface area contributed by atoms with Crippen molar-refractivity contribution >= 4 is 17.1 Å². The summed E-state index contributed by atoms with van der Waals surface area (Å²) in [5.41, 5.74) is 1.97. The van der Waals surface area contributed by atoms with E-state index in [1.165, 1.54) is 26.4 Å². The Bertz CT molecular complexity index is 904. The average Bonchev–Trinajstić information content (AvgIpc) is 3.15. The third kappa shape index (κ3) is 3.82. The van der Waals surface area contributed by atoms with E-state index in [0.717, 1.165) is 29.7 Å². The predicted octanol–water partition coefficient (Wildman–Crippen LogP) is 4.99. The first-order chi connectivity index (χ1) is 12.8. The number of allylic oxidation sites excluding steroid dienone is 2. The molecule has 1 aliphatic carbocycles. The molecule has 0 saturated heterocycles. The third-order valence-corrected chi connectivity index (χ3v) is 4.52. The molecule has 0 fully saturated rings. The normalized spacial score (nSPS) is 14.4. The molecule has 0 N–H and O–H groups in total. The molecule has 0 unspecified atom stereocenters. The number of alkyl halides is 3. The van der Waals surface area contributed by atoms with Crippen molar-refractivity contribution in [3.05, 3.63) is 58.9 Å². The Balaban J connectivity index is 2.14. The minimum atomic E-state index is -4.44. The summed E-state index contributed by atoms with van der Waals surface area (Å²) in [6.45, 7) is 0. The lowest BCUT2D eigenvalue weighted by Gasteiger charge is -2.15. The van der Waals surface area contributed by atoms with Crippen molar-refractivity contribution in [1.82, 2.24) is 4.98 Å². The molecule has 0 radical (unpaired) electrons. The number of esters is 1. The quantitative estimate of drug-likeness (QED) is 0.705. The molecule has 1 aromatic heterocycles. The maximum Gasteiger partial charge on any atom is 0.416 e. The van der Waals surface area contributed by atoms with Crippen molar-refractivity contribution in [2.24, 2.45) is 0 Å². The second-order valence-electron chi connectivity index (χ2n) is 6.12.